The van der Waals surface area contributed by atoms with E-state index in [2.05, 4.69) is 34.3 Å². The van der Waals surface area contributed by atoms with Gasteiger partial charge in [-0.1, -0.05) is 68.8 Å². The van der Waals surface area contributed by atoms with Crippen LogP contribution in [0.25, 0.3) is 0 Å². The number of nitrogens with two attached hydrogens (primary N) is 1. The fourth-order valence-electron chi connectivity index (χ4n) is 8.67. The minimum absolute atomic E-state index is 0.0289. The molecule has 1 spiro atoms. The third kappa shape index (κ3) is 15.6. The van der Waals surface area contributed by atoms with Gasteiger partial charge in [0, 0.05) is 30.6 Å². The first-order chi connectivity index (χ1) is 30.8. The number of allylic oxidation sites excluding steroid dienone is 2. The lowest BCUT2D eigenvalue weighted by atomic mass is 9.87. The van der Waals surface area contributed by atoms with Gasteiger partial charge in [-0.25, -0.2) is 0 Å². The molecule has 5 rings (SSSR count). The first-order valence-electron chi connectivity index (χ1n) is 23.4. The van der Waals surface area contributed by atoms with Gasteiger partial charge in [-0.15, -0.1) is 0 Å². The fourth-order valence-corrected chi connectivity index (χ4v) is 8.67. The van der Waals surface area contributed by atoms with Crippen molar-refractivity contribution in [3.8, 4) is 0 Å². The van der Waals surface area contributed by atoms with Crippen molar-refractivity contribution in [1.82, 2.24) is 16.0 Å². The highest BCUT2D eigenvalue weighted by Gasteiger charge is 2.58. The molecule has 16 nitrogen and oxygen atoms in total. The SMILES string of the molecule is CC(/C=C/[C@H]1O[C@H](CC(=O)NC2CCC(OC(=O)CCc3ccccc3NC(=O)[C@H](C)NC(=O)[C@@H](N)C(C)C)CC2)C[C@@]2(CO2)[C@@H]1O)=C\C[C@@H]1O[C@H](C)[C@H](NC(=O)/C=C\[C@H](C)O)C[C@@H]1C. The van der Waals surface area contributed by atoms with Crippen LogP contribution in [0.4, 0.5) is 5.69 Å². The molecular formula is C49H73N5O11. The molecule has 0 bridgehead atoms. The maximum Gasteiger partial charge on any atom is 0.306 e. The zero-order valence-corrected chi connectivity index (χ0v) is 39.1. The quantitative estimate of drug-likeness (QED) is 0.0454. The van der Waals surface area contributed by atoms with Crippen LogP contribution in [-0.2, 0) is 49.3 Å². The van der Waals surface area contributed by atoms with Gasteiger partial charge < -0.3 is 56.2 Å². The molecule has 4 aliphatic rings. The van der Waals surface area contributed by atoms with Crippen molar-refractivity contribution in [3.05, 3.63) is 65.8 Å². The number of hydrogen-bond donors (Lipinski definition) is 7. The first kappa shape index (κ1) is 51.5. The highest BCUT2D eigenvalue weighted by molar-refractivity contribution is 5.98. The van der Waals surface area contributed by atoms with E-state index in [1.54, 1.807) is 26.0 Å². The summed E-state index contributed by atoms with van der Waals surface area (Å²) in [6, 6.07) is 5.47. The molecule has 360 valence electrons. The average Bonchev–Trinajstić information content (AvgIpc) is 4.03. The van der Waals surface area contributed by atoms with Crippen molar-refractivity contribution in [2.24, 2.45) is 17.6 Å². The average molecular weight is 908 g/mol. The van der Waals surface area contributed by atoms with Crippen LogP contribution in [0.3, 0.4) is 0 Å². The molecule has 0 radical (unpaired) electrons. The lowest BCUT2D eigenvalue weighted by Crippen LogP contribution is -2.51. The van der Waals surface area contributed by atoms with Crippen molar-refractivity contribution >= 4 is 35.3 Å². The van der Waals surface area contributed by atoms with E-state index in [9.17, 15) is 34.2 Å². The first-order valence-corrected chi connectivity index (χ1v) is 23.4. The Morgan fingerprint density at radius 1 is 0.985 bits per heavy atom. The molecule has 1 aromatic carbocycles. The summed E-state index contributed by atoms with van der Waals surface area (Å²) in [7, 11) is 0. The Morgan fingerprint density at radius 2 is 1.69 bits per heavy atom. The molecule has 16 heteroatoms. The number of epoxide rings is 1. The van der Waals surface area contributed by atoms with Crippen LogP contribution in [0, 0.1) is 11.8 Å². The number of ether oxygens (including phenoxy) is 4. The maximum absolute atomic E-state index is 13.3. The number of rotatable bonds is 19. The monoisotopic (exact) mass is 908 g/mol. The Labute approximate surface area is 383 Å². The van der Waals surface area contributed by atoms with E-state index in [4.69, 9.17) is 24.7 Å². The molecule has 3 saturated heterocycles. The molecule has 4 fully saturated rings. The number of carbonyl (C=O) groups is 5. The van der Waals surface area contributed by atoms with Gasteiger partial charge in [0.2, 0.25) is 23.6 Å². The number of nitrogens with one attached hydrogen (secondary N) is 4. The Morgan fingerprint density at radius 3 is 2.37 bits per heavy atom. The molecule has 3 aliphatic heterocycles. The number of benzene rings is 1. The van der Waals surface area contributed by atoms with E-state index in [-0.39, 0.29) is 72.9 Å². The number of aryl methyl sites for hydroxylation is 1. The van der Waals surface area contributed by atoms with Crippen molar-refractivity contribution < 1.29 is 53.1 Å². The van der Waals surface area contributed by atoms with Crippen molar-refractivity contribution in [3.63, 3.8) is 0 Å². The number of hydrogen-bond acceptors (Lipinski definition) is 12. The molecular weight excluding hydrogens is 835 g/mol. The van der Waals surface area contributed by atoms with Gasteiger partial charge in [0.15, 0.2) is 0 Å². The lowest BCUT2D eigenvalue weighted by molar-refractivity contribution is -0.151. The van der Waals surface area contributed by atoms with Gasteiger partial charge in [0.1, 0.15) is 30.0 Å². The third-order valence-electron chi connectivity index (χ3n) is 13.0. The molecule has 1 saturated carbocycles. The van der Waals surface area contributed by atoms with Crippen molar-refractivity contribution in [1.29, 1.82) is 0 Å². The van der Waals surface area contributed by atoms with Gasteiger partial charge in [-0.3, -0.25) is 24.0 Å². The van der Waals surface area contributed by atoms with E-state index < -0.39 is 53.9 Å². The Balaban J connectivity index is 1.02. The normalized spacial score (nSPS) is 30.7. The second-order valence-corrected chi connectivity index (χ2v) is 19.0. The standard InChI is InChI=1S/C49H73N5O11/c1-28(2)45(50)48(61)51-32(6)47(60)54-38-11-9-8-10-34(38)15-23-44(58)65-36-18-16-35(17-19-36)52-43(57)25-37-26-49(27-62-49)46(59)41(64-37)21-13-29(3)12-20-40-30(4)24-39(33(7)63-40)53-42(56)22-14-31(5)55/h8-14,21-22,28,30-33,35-37,39-41,45-46,55,59H,15-20,23-27,50H2,1-7H3,(H,51,61)(H,52,57)(H,53,56)(H,54,60)/b21-13+,22-14-,29-12+/t30-,31-,32-,33+,35?,36?,37+,39+,40-,41+,45-,46+,49+/m0/s1. The number of para-hydroxylation sites is 1. The smallest absolute Gasteiger partial charge is 0.306 e. The lowest BCUT2D eigenvalue weighted by Gasteiger charge is -2.39. The largest absolute Gasteiger partial charge is 0.462 e. The van der Waals surface area contributed by atoms with Crippen LogP contribution in [-0.4, -0.2) is 119 Å². The topological polar surface area (TPSA) is 240 Å². The summed E-state index contributed by atoms with van der Waals surface area (Å²) >= 11 is 0. The summed E-state index contributed by atoms with van der Waals surface area (Å²) in [5, 5.41) is 32.2. The van der Waals surface area contributed by atoms with Crippen LogP contribution in [0.5, 0.6) is 0 Å². The fraction of sp³-hybridized carbons (Fsp3) is 0.653. The molecule has 0 aromatic heterocycles. The Kier molecular flexibility index (Phi) is 18.9. The second kappa shape index (κ2) is 23.8. The van der Waals surface area contributed by atoms with Crippen LogP contribution in [0.2, 0.25) is 0 Å². The summed E-state index contributed by atoms with van der Waals surface area (Å²) in [4.78, 5) is 63.7. The number of carbonyl (C=O) groups excluding carboxylic acids is 5. The van der Waals surface area contributed by atoms with Gasteiger partial charge >= 0.3 is 5.97 Å². The molecule has 11 atom stereocenters. The third-order valence-corrected chi connectivity index (χ3v) is 13.0. The molecule has 65 heavy (non-hydrogen) atoms. The predicted molar refractivity (Wildman–Crippen MR) is 245 cm³/mol. The van der Waals surface area contributed by atoms with Gasteiger partial charge in [0.05, 0.1) is 49.5 Å². The summed E-state index contributed by atoms with van der Waals surface area (Å²) in [6.07, 6.45) is 10.5. The van der Waals surface area contributed by atoms with Crippen molar-refractivity contribution in [2.45, 2.75) is 185 Å². The molecule has 8 N–H and O–H groups in total. The number of esters is 1. The van der Waals surface area contributed by atoms with E-state index in [1.165, 1.54) is 12.2 Å². The van der Waals surface area contributed by atoms with Crippen LogP contribution in [0.1, 0.15) is 112 Å². The number of aliphatic hydroxyl groups excluding tert-OH is 2. The molecule has 4 amide bonds. The highest BCUT2D eigenvalue weighted by atomic mass is 16.6. The summed E-state index contributed by atoms with van der Waals surface area (Å²) in [5.74, 6) is -1.41. The number of amides is 4. The van der Waals surface area contributed by atoms with E-state index >= 15 is 0 Å². The van der Waals surface area contributed by atoms with Crippen LogP contribution in [0.15, 0.2) is 60.2 Å². The Bertz CT molecular complexity index is 1890. The number of anilines is 1. The number of aliphatic hydroxyl groups is 2. The highest BCUT2D eigenvalue weighted by Crippen LogP contribution is 2.43. The maximum atomic E-state index is 13.3. The Hall–Kier alpha value is -4.45. The van der Waals surface area contributed by atoms with Gasteiger partial charge in [-0.05, 0) is 96.1 Å². The second-order valence-electron chi connectivity index (χ2n) is 19.0. The van der Waals surface area contributed by atoms with Crippen LogP contribution < -0.4 is 27.0 Å². The molecule has 3 heterocycles. The van der Waals surface area contributed by atoms with Crippen LogP contribution >= 0.6 is 0 Å². The molecule has 1 aromatic rings. The summed E-state index contributed by atoms with van der Waals surface area (Å²) in [6.45, 7) is 13.3. The van der Waals surface area contributed by atoms with E-state index in [0.717, 1.165) is 17.6 Å². The minimum Gasteiger partial charge on any atom is -0.462 e. The zero-order valence-electron chi connectivity index (χ0n) is 39.1. The van der Waals surface area contributed by atoms with E-state index in [0.29, 0.717) is 57.2 Å². The zero-order chi connectivity index (χ0) is 47.4. The predicted octanol–water partition coefficient (Wildman–Crippen LogP) is 3.82. The molecule has 1 aliphatic carbocycles. The minimum atomic E-state index is -0.867. The van der Waals surface area contributed by atoms with Gasteiger partial charge in [0.25, 0.3) is 0 Å². The van der Waals surface area contributed by atoms with Crippen molar-refractivity contribution in [2.75, 3.05) is 11.9 Å². The summed E-state index contributed by atoms with van der Waals surface area (Å²) in [5.41, 5.74) is 7.48. The summed E-state index contributed by atoms with van der Waals surface area (Å²) < 4.78 is 24.1. The van der Waals surface area contributed by atoms with Gasteiger partial charge in [-0.2, -0.15) is 0 Å². The van der Waals surface area contributed by atoms with E-state index in [1.807, 2.05) is 52.0 Å². The molecule has 0 unspecified atom stereocenters.